The second-order valence-electron chi connectivity index (χ2n) is 5.53. The molecule has 0 atom stereocenters. The van der Waals surface area contributed by atoms with Gasteiger partial charge in [-0.3, -0.25) is 0 Å². The van der Waals surface area contributed by atoms with Crippen LogP contribution in [0.15, 0.2) is 35.3 Å². The van der Waals surface area contributed by atoms with Crippen LogP contribution in [0.1, 0.15) is 18.4 Å². The van der Waals surface area contributed by atoms with Crippen molar-refractivity contribution in [2.24, 2.45) is 10.9 Å². The Kier molecular flexibility index (Phi) is 4.57. The number of halogens is 2. The van der Waals surface area contributed by atoms with Gasteiger partial charge in [0, 0.05) is 33.5 Å². The van der Waals surface area contributed by atoms with Crippen molar-refractivity contribution in [1.29, 1.82) is 0 Å². The first-order chi connectivity index (χ1) is 9.46. The number of hydrogen-bond donors (Lipinski definition) is 1. The monoisotopic (exact) mass is 281 g/mol. The van der Waals surface area contributed by atoms with E-state index in [-0.39, 0.29) is 18.8 Å². The Labute approximate surface area is 118 Å². The zero-order chi connectivity index (χ0) is 14.6. The molecule has 0 bridgehead atoms. The largest absolute Gasteiger partial charge is 0.356 e. The smallest absolute Gasteiger partial charge is 0.248 e. The number of aliphatic imine (C=N–C) groups is 1. The van der Waals surface area contributed by atoms with Crippen LogP contribution in [0.25, 0.3) is 0 Å². The van der Waals surface area contributed by atoms with Crippen LogP contribution in [-0.4, -0.2) is 37.4 Å². The molecule has 0 saturated heterocycles. The van der Waals surface area contributed by atoms with Crippen LogP contribution in [0, 0.1) is 5.92 Å². The Morgan fingerprint density at radius 2 is 1.95 bits per heavy atom. The maximum atomic E-state index is 12.8. The Morgan fingerprint density at radius 3 is 2.50 bits per heavy atom. The van der Waals surface area contributed by atoms with E-state index in [1.54, 1.807) is 0 Å². The second-order valence-corrected chi connectivity index (χ2v) is 5.53. The molecule has 110 valence electrons. The summed E-state index contributed by atoms with van der Waals surface area (Å²) in [7, 11) is 3.79. The third-order valence-corrected chi connectivity index (χ3v) is 3.40. The molecule has 0 unspecified atom stereocenters. The van der Waals surface area contributed by atoms with E-state index in [2.05, 4.69) is 10.3 Å². The van der Waals surface area contributed by atoms with E-state index in [4.69, 9.17) is 0 Å². The van der Waals surface area contributed by atoms with Crippen molar-refractivity contribution in [3.8, 4) is 0 Å². The van der Waals surface area contributed by atoms with Crippen molar-refractivity contribution in [2.45, 2.75) is 25.3 Å². The molecule has 1 fully saturated rings. The maximum Gasteiger partial charge on any atom is 0.248 e. The Hall–Kier alpha value is -1.65. The molecule has 1 aromatic carbocycles. The summed E-state index contributed by atoms with van der Waals surface area (Å²) in [6, 6.07) is 9.95. The van der Waals surface area contributed by atoms with Gasteiger partial charge in [0.1, 0.15) is 0 Å². The maximum absolute atomic E-state index is 12.8. The molecule has 1 aliphatic rings. The normalized spacial score (nSPS) is 18.5. The third kappa shape index (κ3) is 4.18. The average molecular weight is 281 g/mol. The highest BCUT2D eigenvalue weighted by molar-refractivity contribution is 5.79. The van der Waals surface area contributed by atoms with Gasteiger partial charge < -0.3 is 10.2 Å². The van der Waals surface area contributed by atoms with E-state index in [1.165, 1.54) is 0 Å². The fraction of sp³-hybridized carbons (Fsp3) is 0.533. The van der Waals surface area contributed by atoms with Gasteiger partial charge in [0.25, 0.3) is 0 Å². The van der Waals surface area contributed by atoms with E-state index in [0.717, 1.165) is 11.5 Å². The summed E-state index contributed by atoms with van der Waals surface area (Å²) in [6.45, 7) is 1.14. The van der Waals surface area contributed by atoms with Gasteiger partial charge in [-0.15, -0.1) is 0 Å². The molecule has 3 nitrogen and oxygen atoms in total. The van der Waals surface area contributed by atoms with Crippen LogP contribution in [0.4, 0.5) is 8.78 Å². The van der Waals surface area contributed by atoms with Crippen LogP contribution in [0.3, 0.4) is 0 Å². The number of guanidine groups is 1. The van der Waals surface area contributed by atoms with E-state index in [1.807, 2.05) is 49.3 Å². The molecule has 20 heavy (non-hydrogen) atoms. The number of nitrogens with one attached hydrogen (secondary N) is 1. The minimum atomic E-state index is -2.45. The van der Waals surface area contributed by atoms with E-state index in [9.17, 15) is 8.78 Å². The van der Waals surface area contributed by atoms with Gasteiger partial charge in [0.2, 0.25) is 5.92 Å². The van der Waals surface area contributed by atoms with Crippen LogP contribution in [0.5, 0.6) is 0 Å². The van der Waals surface area contributed by atoms with Gasteiger partial charge in [0.15, 0.2) is 5.96 Å². The zero-order valence-electron chi connectivity index (χ0n) is 11.9. The summed E-state index contributed by atoms with van der Waals surface area (Å²) >= 11 is 0. The predicted molar refractivity (Wildman–Crippen MR) is 76.9 cm³/mol. The number of nitrogens with zero attached hydrogens (tertiary/aromatic N) is 2. The van der Waals surface area contributed by atoms with Crippen molar-refractivity contribution in [3.05, 3.63) is 35.9 Å². The van der Waals surface area contributed by atoms with Crippen LogP contribution < -0.4 is 5.32 Å². The SMILES string of the molecule is CN(C)C(=NCc1ccccc1)NCC1CC(F)(F)C1. The van der Waals surface area contributed by atoms with E-state index in [0.29, 0.717) is 13.1 Å². The van der Waals surface area contributed by atoms with Crippen molar-refractivity contribution >= 4 is 5.96 Å². The summed E-state index contributed by atoms with van der Waals surface area (Å²) in [5, 5.41) is 3.17. The molecular formula is C15H21F2N3. The highest BCUT2D eigenvalue weighted by Gasteiger charge is 2.44. The molecule has 1 aliphatic carbocycles. The number of alkyl halides is 2. The lowest BCUT2D eigenvalue weighted by atomic mass is 9.81. The lowest BCUT2D eigenvalue weighted by Gasteiger charge is -2.35. The predicted octanol–water partition coefficient (Wildman–Crippen LogP) is 2.74. The minimum Gasteiger partial charge on any atom is -0.356 e. The van der Waals surface area contributed by atoms with Crippen LogP contribution in [-0.2, 0) is 6.54 Å². The lowest BCUT2D eigenvalue weighted by Crippen LogP contribution is -2.45. The van der Waals surface area contributed by atoms with Gasteiger partial charge in [-0.05, 0) is 11.5 Å². The van der Waals surface area contributed by atoms with Crippen molar-refractivity contribution in [1.82, 2.24) is 10.2 Å². The zero-order valence-corrected chi connectivity index (χ0v) is 11.9. The molecule has 0 radical (unpaired) electrons. The van der Waals surface area contributed by atoms with Gasteiger partial charge in [-0.1, -0.05) is 30.3 Å². The van der Waals surface area contributed by atoms with Crippen LogP contribution in [0.2, 0.25) is 0 Å². The molecule has 2 rings (SSSR count). The van der Waals surface area contributed by atoms with Crippen molar-refractivity contribution in [3.63, 3.8) is 0 Å². The fourth-order valence-corrected chi connectivity index (χ4v) is 2.27. The fourth-order valence-electron chi connectivity index (χ4n) is 2.27. The topological polar surface area (TPSA) is 27.6 Å². The summed E-state index contributed by atoms with van der Waals surface area (Å²) in [5.41, 5.74) is 1.13. The molecule has 1 saturated carbocycles. The summed E-state index contributed by atoms with van der Waals surface area (Å²) < 4.78 is 25.5. The Balaban J connectivity index is 1.84. The standard InChI is InChI=1S/C15H21F2N3/c1-20(2)14(18-10-12-6-4-3-5-7-12)19-11-13-8-15(16,17)9-13/h3-7,13H,8-11H2,1-2H3,(H,18,19). The first-order valence-corrected chi connectivity index (χ1v) is 6.84. The first-order valence-electron chi connectivity index (χ1n) is 6.84. The van der Waals surface area contributed by atoms with Gasteiger partial charge in [-0.2, -0.15) is 0 Å². The number of hydrogen-bond acceptors (Lipinski definition) is 1. The summed E-state index contributed by atoms with van der Waals surface area (Å²) in [4.78, 5) is 6.38. The minimum absolute atomic E-state index is 0.0145. The molecule has 1 aromatic rings. The molecule has 0 spiro atoms. The molecule has 0 heterocycles. The molecule has 0 aromatic heterocycles. The molecule has 0 amide bonds. The Bertz CT molecular complexity index is 449. The molecule has 5 heteroatoms. The highest BCUT2D eigenvalue weighted by atomic mass is 19.3. The van der Waals surface area contributed by atoms with Crippen molar-refractivity contribution in [2.75, 3.05) is 20.6 Å². The van der Waals surface area contributed by atoms with E-state index >= 15 is 0 Å². The Morgan fingerprint density at radius 1 is 1.30 bits per heavy atom. The first kappa shape index (κ1) is 14.8. The van der Waals surface area contributed by atoms with Gasteiger partial charge in [0.05, 0.1) is 6.54 Å². The average Bonchev–Trinajstić information content (AvgIpc) is 2.37. The number of rotatable bonds is 4. The molecular weight excluding hydrogens is 260 g/mol. The molecule has 1 N–H and O–H groups in total. The van der Waals surface area contributed by atoms with Gasteiger partial charge >= 0.3 is 0 Å². The van der Waals surface area contributed by atoms with Crippen LogP contribution >= 0.6 is 0 Å². The van der Waals surface area contributed by atoms with Gasteiger partial charge in [-0.25, -0.2) is 13.8 Å². The highest BCUT2D eigenvalue weighted by Crippen LogP contribution is 2.41. The molecule has 0 aliphatic heterocycles. The summed E-state index contributed by atoms with van der Waals surface area (Å²) in [5.74, 6) is -1.66. The summed E-state index contributed by atoms with van der Waals surface area (Å²) in [6.07, 6.45) is -0.0290. The quantitative estimate of drug-likeness (QED) is 0.679. The van der Waals surface area contributed by atoms with E-state index < -0.39 is 5.92 Å². The second kappa shape index (κ2) is 6.20. The third-order valence-electron chi connectivity index (χ3n) is 3.40. The lowest BCUT2D eigenvalue weighted by molar-refractivity contribution is -0.108. The number of benzene rings is 1. The van der Waals surface area contributed by atoms with Crippen molar-refractivity contribution < 1.29 is 8.78 Å².